The molecular formula is C35H33FN2O2. The molecule has 1 aliphatic heterocycles. The molecule has 0 radical (unpaired) electrons. The fourth-order valence-corrected chi connectivity index (χ4v) is 5.69. The van der Waals surface area contributed by atoms with Crippen LogP contribution < -0.4 is 14.8 Å². The average molecular weight is 533 g/mol. The van der Waals surface area contributed by atoms with E-state index in [4.69, 9.17) is 14.5 Å². The van der Waals surface area contributed by atoms with Crippen molar-refractivity contribution in [3.05, 3.63) is 131 Å². The molecule has 0 unspecified atom stereocenters. The smallest absolute Gasteiger partial charge is 0.161 e. The number of rotatable bonds is 8. The van der Waals surface area contributed by atoms with Gasteiger partial charge in [-0.15, -0.1) is 0 Å². The number of nitrogens with zero attached hydrogens (tertiary/aromatic N) is 1. The molecule has 202 valence electrons. The van der Waals surface area contributed by atoms with Gasteiger partial charge in [-0.1, -0.05) is 54.1 Å². The Hall–Kier alpha value is -4.38. The van der Waals surface area contributed by atoms with E-state index in [1.165, 1.54) is 34.5 Å². The van der Waals surface area contributed by atoms with E-state index in [0.29, 0.717) is 36.5 Å². The van der Waals surface area contributed by atoms with Crippen LogP contribution in [0.15, 0.2) is 102 Å². The predicted molar refractivity (Wildman–Crippen MR) is 160 cm³/mol. The Morgan fingerprint density at radius 2 is 1.75 bits per heavy atom. The predicted octanol–water partition coefficient (Wildman–Crippen LogP) is 8.69. The zero-order chi connectivity index (χ0) is 27.5. The summed E-state index contributed by atoms with van der Waals surface area (Å²) in [4.78, 5) is 4.72. The van der Waals surface area contributed by atoms with Gasteiger partial charge in [-0.05, 0) is 97.0 Å². The highest BCUT2D eigenvalue weighted by atomic mass is 19.1. The van der Waals surface area contributed by atoms with Crippen LogP contribution in [0.3, 0.4) is 0 Å². The summed E-state index contributed by atoms with van der Waals surface area (Å²) in [6.45, 7) is 4.95. The molecule has 0 fully saturated rings. The summed E-state index contributed by atoms with van der Waals surface area (Å²) in [6.07, 6.45) is 7.64. The van der Waals surface area contributed by atoms with Gasteiger partial charge in [0.1, 0.15) is 12.4 Å². The topological polar surface area (TPSA) is 42.8 Å². The summed E-state index contributed by atoms with van der Waals surface area (Å²) in [7, 11) is 0. The van der Waals surface area contributed by atoms with E-state index in [0.717, 1.165) is 23.2 Å². The highest BCUT2D eigenvalue weighted by Gasteiger charge is 2.37. The molecule has 0 aromatic heterocycles. The van der Waals surface area contributed by atoms with Crippen LogP contribution in [0.4, 0.5) is 15.8 Å². The van der Waals surface area contributed by atoms with E-state index < -0.39 is 0 Å². The van der Waals surface area contributed by atoms with Gasteiger partial charge in [0.2, 0.25) is 0 Å². The minimum Gasteiger partial charge on any atom is -0.490 e. The number of aryl methyl sites for hydroxylation is 1. The lowest BCUT2D eigenvalue weighted by molar-refractivity contribution is 0.269. The van der Waals surface area contributed by atoms with E-state index >= 15 is 0 Å². The van der Waals surface area contributed by atoms with Gasteiger partial charge >= 0.3 is 0 Å². The van der Waals surface area contributed by atoms with Crippen LogP contribution in [0, 0.1) is 18.7 Å². The first kappa shape index (κ1) is 25.9. The van der Waals surface area contributed by atoms with Gasteiger partial charge in [-0.2, -0.15) is 0 Å². The molecule has 4 aromatic carbocycles. The second-order valence-electron chi connectivity index (χ2n) is 10.5. The van der Waals surface area contributed by atoms with Gasteiger partial charge in [0.25, 0.3) is 0 Å². The van der Waals surface area contributed by atoms with Crippen molar-refractivity contribution in [2.75, 3.05) is 11.9 Å². The molecule has 4 aromatic rings. The van der Waals surface area contributed by atoms with Crippen molar-refractivity contribution in [1.29, 1.82) is 0 Å². The molecule has 2 aliphatic rings. The van der Waals surface area contributed by atoms with Gasteiger partial charge in [-0.25, -0.2) is 4.39 Å². The summed E-state index contributed by atoms with van der Waals surface area (Å²) < 4.78 is 25.0. The molecule has 6 rings (SSSR count). The third-order valence-electron chi connectivity index (χ3n) is 7.71. The largest absolute Gasteiger partial charge is 0.490 e. The Labute approximate surface area is 235 Å². The van der Waals surface area contributed by atoms with Gasteiger partial charge in [0.05, 0.1) is 18.3 Å². The van der Waals surface area contributed by atoms with E-state index in [1.807, 2.05) is 31.3 Å². The van der Waals surface area contributed by atoms with Gasteiger partial charge in [-0.3, -0.25) is 4.99 Å². The Morgan fingerprint density at radius 3 is 2.55 bits per heavy atom. The molecule has 1 N–H and O–H groups in total. The van der Waals surface area contributed by atoms with Crippen LogP contribution in [0.1, 0.15) is 53.1 Å². The first-order valence-corrected chi connectivity index (χ1v) is 13.9. The van der Waals surface area contributed by atoms with E-state index in [9.17, 15) is 4.39 Å². The lowest BCUT2D eigenvalue weighted by Crippen LogP contribution is -2.29. The number of ether oxygens (including phenoxy) is 2. The summed E-state index contributed by atoms with van der Waals surface area (Å²) in [5.41, 5.74) is 7.94. The number of hydrogen-bond acceptors (Lipinski definition) is 4. The van der Waals surface area contributed by atoms with E-state index in [1.54, 1.807) is 12.1 Å². The van der Waals surface area contributed by atoms with E-state index in [-0.39, 0.29) is 11.9 Å². The van der Waals surface area contributed by atoms with Crippen LogP contribution in [0.2, 0.25) is 0 Å². The number of anilines is 1. The molecule has 40 heavy (non-hydrogen) atoms. The fraction of sp³-hybridized carbons (Fsp3) is 0.229. The van der Waals surface area contributed by atoms with Gasteiger partial charge in [0, 0.05) is 17.8 Å². The zero-order valence-corrected chi connectivity index (χ0v) is 22.8. The van der Waals surface area contributed by atoms with Crippen LogP contribution >= 0.6 is 0 Å². The normalized spacial score (nSPS) is 19.2. The monoisotopic (exact) mass is 532 g/mol. The molecular weight excluding hydrogens is 499 g/mol. The molecule has 0 saturated carbocycles. The number of nitrogens with one attached hydrogen (secondary N) is 1. The van der Waals surface area contributed by atoms with Gasteiger partial charge in [0.15, 0.2) is 11.5 Å². The van der Waals surface area contributed by atoms with Crippen LogP contribution in [-0.4, -0.2) is 12.8 Å². The maximum atomic E-state index is 13.2. The van der Waals surface area contributed by atoms with Crippen molar-refractivity contribution in [1.82, 2.24) is 0 Å². The van der Waals surface area contributed by atoms with Crippen molar-refractivity contribution >= 4 is 17.6 Å². The molecule has 4 nitrogen and oxygen atoms in total. The lowest BCUT2D eigenvalue weighted by Gasteiger charge is -2.37. The minimum absolute atomic E-state index is 0.261. The Balaban J connectivity index is 1.15. The molecule has 1 heterocycles. The maximum Gasteiger partial charge on any atom is 0.161 e. The average Bonchev–Trinajstić information content (AvgIpc) is 3.47. The molecule has 3 atom stereocenters. The molecule has 0 bridgehead atoms. The zero-order valence-electron chi connectivity index (χ0n) is 22.8. The Bertz CT molecular complexity index is 1540. The second-order valence-corrected chi connectivity index (χ2v) is 10.5. The Morgan fingerprint density at radius 1 is 0.925 bits per heavy atom. The van der Waals surface area contributed by atoms with Crippen molar-refractivity contribution in [2.45, 2.75) is 38.8 Å². The van der Waals surface area contributed by atoms with Crippen molar-refractivity contribution in [3.8, 4) is 11.5 Å². The number of benzene rings is 4. The van der Waals surface area contributed by atoms with Crippen molar-refractivity contribution < 1.29 is 13.9 Å². The third kappa shape index (κ3) is 5.50. The summed E-state index contributed by atoms with van der Waals surface area (Å²) in [5.74, 6) is 2.01. The summed E-state index contributed by atoms with van der Waals surface area (Å²) in [6, 6.07) is 27.6. The molecule has 0 amide bonds. The number of halogens is 1. The maximum absolute atomic E-state index is 13.2. The quantitative estimate of drug-likeness (QED) is 0.182. The second kappa shape index (κ2) is 11.4. The number of fused-ring (bicyclic) bond motifs is 3. The highest BCUT2D eigenvalue weighted by Crippen LogP contribution is 2.50. The fourth-order valence-electron chi connectivity index (χ4n) is 5.69. The first-order chi connectivity index (χ1) is 19.6. The van der Waals surface area contributed by atoms with Gasteiger partial charge < -0.3 is 14.8 Å². The number of hydrogen-bond donors (Lipinski definition) is 1. The van der Waals surface area contributed by atoms with Crippen LogP contribution in [0.25, 0.3) is 0 Å². The molecule has 0 spiro atoms. The molecule has 5 heteroatoms. The number of allylic oxidation sites excluding steroid dienone is 2. The van der Waals surface area contributed by atoms with Crippen molar-refractivity contribution in [2.24, 2.45) is 10.9 Å². The third-order valence-corrected chi connectivity index (χ3v) is 7.71. The van der Waals surface area contributed by atoms with Crippen molar-refractivity contribution in [3.63, 3.8) is 0 Å². The minimum atomic E-state index is -0.261. The van der Waals surface area contributed by atoms with Crippen LogP contribution in [-0.2, 0) is 6.61 Å². The summed E-state index contributed by atoms with van der Waals surface area (Å²) in [5, 5.41) is 3.81. The first-order valence-electron chi connectivity index (χ1n) is 13.9. The summed E-state index contributed by atoms with van der Waals surface area (Å²) >= 11 is 0. The molecule has 1 aliphatic carbocycles. The highest BCUT2D eigenvalue weighted by molar-refractivity contribution is 5.83. The lowest BCUT2D eigenvalue weighted by atomic mass is 9.76. The standard InChI is InChI=1S/C35H33FN2O2/c1-3-39-34-20-25(10-18-33(34)40-22-24-8-13-27(36)14-9-24)21-37-28-15-11-26(12-16-28)35-30-6-4-5-29(30)31-19-23(2)7-17-32(31)38-35/h4-5,7-21,29-30,35,38H,3,6,22H2,1-2H3/t29-,30-,35+/m1/s1. The van der Waals surface area contributed by atoms with Crippen LogP contribution in [0.5, 0.6) is 11.5 Å². The van der Waals surface area contributed by atoms with E-state index in [2.05, 4.69) is 66.9 Å². The number of aliphatic imine (C=N–C) groups is 1. The Kier molecular flexibility index (Phi) is 7.37. The SMILES string of the molecule is CCOc1cc(C=Nc2ccc([C@@H]3Nc4ccc(C)cc4[C@@H]4C=CC[C@H]43)cc2)ccc1OCc1ccc(F)cc1. The molecule has 0 saturated heterocycles.